The van der Waals surface area contributed by atoms with Gasteiger partial charge >= 0.3 is 6.18 Å². The van der Waals surface area contributed by atoms with Crippen LogP contribution in [0.15, 0.2) is 24.3 Å². The number of ketones is 1. The van der Waals surface area contributed by atoms with E-state index in [1.807, 2.05) is 17.0 Å². The van der Waals surface area contributed by atoms with E-state index >= 15 is 0 Å². The predicted octanol–water partition coefficient (Wildman–Crippen LogP) is 2.24. The molecule has 1 saturated heterocycles. The zero-order chi connectivity index (χ0) is 18.8. The zero-order valence-corrected chi connectivity index (χ0v) is 14.1. The maximum atomic E-state index is 12.7. The molecule has 1 aromatic carbocycles. The van der Waals surface area contributed by atoms with Crippen molar-refractivity contribution in [1.82, 2.24) is 4.90 Å². The summed E-state index contributed by atoms with van der Waals surface area (Å²) in [6.07, 6.45) is -5.83. The third-order valence-electron chi connectivity index (χ3n) is 4.38. The van der Waals surface area contributed by atoms with Crippen molar-refractivity contribution >= 4 is 17.4 Å². The molecule has 25 heavy (non-hydrogen) atoms. The Morgan fingerprint density at radius 3 is 2.04 bits per heavy atom. The van der Waals surface area contributed by atoms with E-state index in [1.54, 1.807) is 12.1 Å². The molecule has 1 N–H and O–H groups in total. The summed E-state index contributed by atoms with van der Waals surface area (Å²) in [5.41, 5.74) is -1.53. The van der Waals surface area contributed by atoms with Crippen molar-refractivity contribution in [3.05, 3.63) is 29.8 Å². The van der Waals surface area contributed by atoms with Crippen molar-refractivity contribution in [1.29, 1.82) is 0 Å². The zero-order valence-electron chi connectivity index (χ0n) is 14.1. The fourth-order valence-electron chi connectivity index (χ4n) is 2.63. The average molecular weight is 358 g/mol. The molecule has 8 heteroatoms. The summed E-state index contributed by atoms with van der Waals surface area (Å²) >= 11 is 0. The van der Waals surface area contributed by atoms with Gasteiger partial charge in [0.1, 0.15) is 0 Å². The molecule has 0 bridgehead atoms. The number of nitrogens with zero attached hydrogens (tertiary/aromatic N) is 2. The molecule has 0 unspecified atom stereocenters. The van der Waals surface area contributed by atoms with E-state index in [-0.39, 0.29) is 18.9 Å². The van der Waals surface area contributed by atoms with Gasteiger partial charge in [-0.3, -0.25) is 9.59 Å². The molecule has 1 aliphatic heterocycles. The molecule has 0 radical (unpaired) electrons. The van der Waals surface area contributed by atoms with E-state index in [9.17, 15) is 27.9 Å². The fraction of sp³-hybridized carbons (Fsp3) is 0.529. The molecule has 0 spiro atoms. The molecule has 0 saturated carbocycles. The minimum atomic E-state index is -4.84. The highest BCUT2D eigenvalue weighted by Crippen LogP contribution is 2.33. The van der Waals surface area contributed by atoms with Crippen LogP contribution in [-0.2, 0) is 4.79 Å². The van der Waals surface area contributed by atoms with Crippen molar-refractivity contribution in [2.75, 3.05) is 31.1 Å². The standard InChI is InChI=1S/C17H21F3N2O3/c1-12(23)13-3-5-14(6-4-13)21-7-9-22(10-8-21)15(24)11-16(2,25)17(18,19)20/h3-6,25H,7-11H2,1-2H3/t16-/m1/s1. The highest BCUT2D eigenvalue weighted by Gasteiger charge is 2.51. The highest BCUT2D eigenvalue weighted by molar-refractivity contribution is 5.94. The van der Waals surface area contributed by atoms with E-state index in [0.29, 0.717) is 25.6 Å². The number of Topliss-reactive ketones (excluding diaryl/α,β-unsaturated/α-hetero) is 1. The lowest BCUT2D eigenvalue weighted by atomic mass is 10.0. The van der Waals surface area contributed by atoms with Gasteiger partial charge in [0.05, 0.1) is 6.42 Å². The smallest absolute Gasteiger partial charge is 0.380 e. The van der Waals surface area contributed by atoms with Crippen LogP contribution in [0.3, 0.4) is 0 Å². The summed E-state index contributed by atoms with van der Waals surface area (Å²) in [5, 5.41) is 9.44. The Morgan fingerprint density at radius 2 is 1.60 bits per heavy atom. The Balaban J connectivity index is 1.93. The molecule has 1 fully saturated rings. The molecule has 1 aliphatic rings. The number of rotatable bonds is 4. The van der Waals surface area contributed by atoms with Gasteiger partial charge in [0, 0.05) is 37.4 Å². The first-order valence-electron chi connectivity index (χ1n) is 7.94. The van der Waals surface area contributed by atoms with Crippen LogP contribution in [0.1, 0.15) is 30.6 Å². The molecule has 1 amide bonds. The molecular formula is C17H21F3N2O3. The normalized spacial score (nSPS) is 18.0. The van der Waals surface area contributed by atoms with Gasteiger partial charge in [-0.15, -0.1) is 0 Å². The third-order valence-corrected chi connectivity index (χ3v) is 4.38. The van der Waals surface area contributed by atoms with E-state index in [2.05, 4.69) is 0 Å². The number of piperazine rings is 1. The second-order valence-corrected chi connectivity index (χ2v) is 6.42. The maximum Gasteiger partial charge on any atom is 0.417 e. The third kappa shape index (κ3) is 4.50. The van der Waals surface area contributed by atoms with E-state index in [0.717, 1.165) is 5.69 Å². The molecule has 0 aliphatic carbocycles. The number of hydrogen-bond donors (Lipinski definition) is 1. The van der Waals surface area contributed by atoms with Crippen LogP contribution >= 0.6 is 0 Å². The Kier molecular flexibility index (Phi) is 5.41. The van der Waals surface area contributed by atoms with Crippen molar-refractivity contribution in [2.24, 2.45) is 0 Å². The number of hydrogen-bond acceptors (Lipinski definition) is 4. The van der Waals surface area contributed by atoms with E-state index in [1.165, 1.54) is 11.8 Å². The lowest BCUT2D eigenvalue weighted by molar-refractivity contribution is -0.254. The SMILES string of the molecule is CC(=O)c1ccc(N2CCN(C(=O)C[C@@](C)(O)C(F)(F)F)CC2)cc1. The van der Waals surface area contributed by atoms with Crippen LogP contribution in [0.2, 0.25) is 0 Å². The number of alkyl halides is 3. The minimum Gasteiger partial charge on any atom is -0.380 e. The van der Waals surface area contributed by atoms with Crippen LogP contribution in [0.25, 0.3) is 0 Å². The summed E-state index contributed by atoms with van der Waals surface area (Å²) < 4.78 is 38.0. The van der Waals surface area contributed by atoms with Gasteiger partial charge in [0.15, 0.2) is 11.4 Å². The number of amides is 1. The average Bonchev–Trinajstić information content (AvgIpc) is 2.53. The van der Waals surface area contributed by atoms with Crippen LogP contribution in [-0.4, -0.2) is 59.7 Å². The lowest BCUT2D eigenvalue weighted by Gasteiger charge is -2.37. The van der Waals surface area contributed by atoms with Gasteiger partial charge in [-0.05, 0) is 38.1 Å². The van der Waals surface area contributed by atoms with Gasteiger partial charge in [0.2, 0.25) is 5.91 Å². The first-order chi connectivity index (χ1) is 11.5. The number of benzene rings is 1. The second-order valence-electron chi connectivity index (χ2n) is 6.42. The molecule has 1 heterocycles. The predicted molar refractivity (Wildman–Crippen MR) is 86.5 cm³/mol. The summed E-state index contributed by atoms with van der Waals surface area (Å²) in [4.78, 5) is 26.6. The maximum absolute atomic E-state index is 12.7. The van der Waals surface area contributed by atoms with Crippen molar-refractivity contribution in [3.8, 4) is 0 Å². The van der Waals surface area contributed by atoms with Gasteiger partial charge < -0.3 is 14.9 Å². The van der Waals surface area contributed by atoms with E-state index in [4.69, 9.17) is 0 Å². The number of aliphatic hydroxyl groups is 1. The van der Waals surface area contributed by atoms with Gasteiger partial charge in [0.25, 0.3) is 0 Å². The van der Waals surface area contributed by atoms with Gasteiger partial charge in [-0.1, -0.05) is 0 Å². The fourth-order valence-corrected chi connectivity index (χ4v) is 2.63. The van der Waals surface area contributed by atoms with Crippen molar-refractivity contribution < 1.29 is 27.9 Å². The first-order valence-corrected chi connectivity index (χ1v) is 7.94. The van der Waals surface area contributed by atoms with Crippen LogP contribution in [0, 0.1) is 0 Å². The molecule has 2 rings (SSSR count). The molecule has 0 aromatic heterocycles. The van der Waals surface area contributed by atoms with Gasteiger partial charge in [-0.25, -0.2) is 0 Å². The van der Waals surface area contributed by atoms with Crippen LogP contribution in [0.5, 0.6) is 0 Å². The summed E-state index contributed by atoms with van der Waals surface area (Å²) in [6, 6.07) is 7.05. The minimum absolute atomic E-state index is 0.0290. The monoisotopic (exact) mass is 358 g/mol. The van der Waals surface area contributed by atoms with Crippen LogP contribution in [0.4, 0.5) is 18.9 Å². The second kappa shape index (κ2) is 7.03. The lowest BCUT2D eigenvalue weighted by Crippen LogP contribution is -2.52. The number of carbonyl (C=O) groups excluding carboxylic acids is 2. The van der Waals surface area contributed by atoms with Crippen molar-refractivity contribution in [3.63, 3.8) is 0 Å². The molecular weight excluding hydrogens is 337 g/mol. The Hall–Kier alpha value is -2.09. The largest absolute Gasteiger partial charge is 0.417 e. The Labute approximate surface area is 144 Å². The summed E-state index contributed by atoms with van der Waals surface area (Å²) in [6.45, 7) is 3.59. The summed E-state index contributed by atoms with van der Waals surface area (Å²) in [5.74, 6) is -0.743. The highest BCUT2D eigenvalue weighted by atomic mass is 19.4. The quantitative estimate of drug-likeness (QED) is 0.839. The first kappa shape index (κ1) is 19.2. The van der Waals surface area contributed by atoms with Crippen LogP contribution < -0.4 is 4.90 Å². The van der Waals surface area contributed by atoms with Crippen molar-refractivity contribution in [2.45, 2.75) is 32.0 Å². The number of halogens is 3. The molecule has 5 nitrogen and oxygen atoms in total. The molecule has 1 atom stereocenters. The van der Waals surface area contributed by atoms with Gasteiger partial charge in [-0.2, -0.15) is 13.2 Å². The molecule has 1 aromatic rings. The Bertz CT molecular complexity index is 634. The summed E-state index contributed by atoms with van der Waals surface area (Å²) in [7, 11) is 0. The topological polar surface area (TPSA) is 60.9 Å². The number of anilines is 1. The Morgan fingerprint density at radius 1 is 1.08 bits per heavy atom. The number of carbonyl (C=O) groups is 2. The molecule has 138 valence electrons. The van der Waals surface area contributed by atoms with E-state index < -0.39 is 24.1 Å².